The van der Waals surface area contributed by atoms with Crippen molar-refractivity contribution in [2.45, 2.75) is 51.6 Å². The standard InChI is InChI=1S/C27H30N2O5/c1-4-5-14-23(25(30)28-24(26(31)32)15-17(2)3)29-27(33)34-16-22-20-12-8-6-10-18(20)19-11-7-9-13-21(19)22/h6-13,17,22-24H,14-16H2,1-3H3,(H,28,30)(H,29,33)(H,31,32)/t23?,24-/m0/s1. The van der Waals surface area contributed by atoms with E-state index in [1.165, 1.54) is 0 Å². The van der Waals surface area contributed by atoms with Crippen molar-refractivity contribution < 1.29 is 24.2 Å². The Balaban J connectivity index is 1.67. The minimum Gasteiger partial charge on any atom is -0.480 e. The van der Waals surface area contributed by atoms with Crippen molar-refractivity contribution >= 4 is 18.0 Å². The van der Waals surface area contributed by atoms with Crippen LogP contribution in [0.1, 0.15) is 50.7 Å². The molecular formula is C27H30N2O5. The van der Waals surface area contributed by atoms with E-state index in [1.54, 1.807) is 6.92 Å². The summed E-state index contributed by atoms with van der Waals surface area (Å²) in [5, 5.41) is 14.5. The fourth-order valence-corrected chi connectivity index (χ4v) is 4.16. The van der Waals surface area contributed by atoms with Gasteiger partial charge in [0.15, 0.2) is 0 Å². The molecule has 1 aliphatic carbocycles. The van der Waals surface area contributed by atoms with Gasteiger partial charge in [0.1, 0.15) is 18.7 Å². The van der Waals surface area contributed by atoms with Gasteiger partial charge in [-0.25, -0.2) is 9.59 Å². The van der Waals surface area contributed by atoms with E-state index in [0.29, 0.717) is 0 Å². The first kappa shape index (κ1) is 24.8. The Morgan fingerprint density at radius 1 is 0.971 bits per heavy atom. The van der Waals surface area contributed by atoms with Crippen LogP contribution in [0, 0.1) is 17.8 Å². The third-order valence-corrected chi connectivity index (χ3v) is 5.76. The van der Waals surface area contributed by atoms with Crippen LogP contribution in [0.3, 0.4) is 0 Å². The molecule has 0 heterocycles. The van der Waals surface area contributed by atoms with Gasteiger partial charge in [-0.15, -0.1) is 11.8 Å². The van der Waals surface area contributed by atoms with Gasteiger partial charge in [-0.2, -0.15) is 0 Å². The zero-order valence-electron chi connectivity index (χ0n) is 19.6. The number of benzene rings is 2. The molecule has 34 heavy (non-hydrogen) atoms. The molecule has 0 spiro atoms. The molecular weight excluding hydrogens is 432 g/mol. The normalized spacial score (nSPS) is 13.6. The molecule has 7 heteroatoms. The molecule has 3 N–H and O–H groups in total. The molecule has 178 valence electrons. The van der Waals surface area contributed by atoms with Crippen molar-refractivity contribution in [2.24, 2.45) is 5.92 Å². The molecule has 0 saturated carbocycles. The third-order valence-electron chi connectivity index (χ3n) is 5.76. The second kappa shape index (κ2) is 11.4. The molecule has 0 bridgehead atoms. The van der Waals surface area contributed by atoms with Crippen molar-refractivity contribution in [3.05, 3.63) is 59.7 Å². The van der Waals surface area contributed by atoms with E-state index in [-0.39, 0.29) is 31.3 Å². The molecule has 2 amide bonds. The quantitative estimate of drug-likeness (QED) is 0.490. The lowest BCUT2D eigenvalue weighted by atomic mass is 9.98. The zero-order valence-corrected chi connectivity index (χ0v) is 19.6. The van der Waals surface area contributed by atoms with Gasteiger partial charge in [-0.05, 0) is 41.5 Å². The van der Waals surface area contributed by atoms with Gasteiger partial charge in [-0.1, -0.05) is 62.4 Å². The number of rotatable bonds is 9. The van der Waals surface area contributed by atoms with Crippen LogP contribution in [-0.4, -0.2) is 41.8 Å². The highest BCUT2D eigenvalue weighted by molar-refractivity contribution is 5.89. The number of hydrogen-bond donors (Lipinski definition) is 3. The monoisotopic (exact) mass is 462 g/mol. The number of carbonyl (C=O) groups excluding carboxylic acids is 2. The molecule has 1 unspecified atom stereocenters. The van der Waals surface area contributed by atoms with Crippen LogP contribution in [0.2, 0.25) is 0 Å². The number of carboxylic acid groups (broad SMARTS) is 1. The van der Waals surface area contributed by atoms with E-state index < -0.39 is 30.1 Å². The number of carbonyl (C=O) groups is 3. The number of alkyl carbamates (subject to hydrolysis) is 1. The topological polar surface area (TPSA) is 105 Å². The summed E-state index contributed by atoms with van der Waals surface area (Å²) in [5.41, 5.74) is 4.40. The molecule has 2 aromatic carbocycles. The molecule has 1 aliphatic rings. The maximum Gasteiger partial charge on any atom is 0.407 e. The molecule has 2 atom stereocenters. The largest absolute Gasteiger partial charge is 0.480 e. The van der Waals surface area contributed by atoms with E-state index in [0.717, 1.165) is 22.3 Å². The number of carboxylic acids is 1. The average Bonchev–Trinajstić information content (AvgIpc) is 3.13. The van der Waals surface area contributed by atoms with E-state index in [9.17, 15) is 19.5 Å². The smallest absolute Gasteiger partial charge is 0.407 e. The van der Waals surface area contributed by atoms with Crippen molar-refractivity contribution in [1.29, 1.82) is 0 Å². The molecule has 0 aliphatic heterocycles. The lowest BCUT2D eigenvalue weighted by Crippen LogP contribution is -2.52. The number of amides is 2. The first-order valence-corrected chi connectivity index (χ1v) is 11.4. The van der Waals surface area contributed by atoms with Gasteiger partial charge in [0.2, 0.25) is 5.91 Å². The Labute approximate surface area is 199 Å². The Bertz CT molecular complexity index is 1070. The van der Waals surface area contributed by atoms with Gasteiger partial charge in [0, 0.05) is 12.3 Å². The van der Waals surface area contributed by atoms with Crippen LogP contribution < -0.4 is 10.6 Å². The third kappa shape index (κ3) is 5.96. The van der Waals surface area contributed by atoms with Crippen LogP contribution in [0.25, 0.3) is 11.1 Å². The highest BCUT2D eigenvalue weighted by Gasteiger charge is 2.30. The summed E-state index contributed by atoms with van der Waals surface area (Å²) in [6.07, 6.45) is -0.436. The minimum atomic E-state index is -1.12. The van der Waals surface area contributed by atoms with Crippen LogP contribution >= 0.6 is 0 Å². The molecule has 0 fully saturated rings. The van der Waals surface area contributed by atoms with Crippen molar-refractivity contribution in [3.63, 3.8) is 0 Å². The number of fused-ring (bicyclic) bond motifs is 3. The molecule has 0 saturated heterocycles. The maximum absolute atomic E-state index is 12.8. The number of hydrogen-bond acceptors (Lipinski definition) is 4. The fourth-order valence-electron chi connectivity index (χ4n) is 4.16. The number of aliphatic carboxylic acids is 1. The van der Waals surface area contributed by atoms with Crippen LogP contribution in [0.15, 0.2) is 48.5 Å². The van der Waals surface area contributed by atoms with Gasteiger partial charge in [0.25, 0.3) is 0 Å². The Hall–Kier alpha value is -3.79. The summed E-state index contributed by atoms with van der Waals surface area (Å²) in [6, 6.07) is 13.9. The lowest BCUT2D eigenvalue weighted by molar-refractivity contribution is -0.142. The zero-order chi connectivity index (χ0) is 24.7. The number of nitrogens with one attached hydrogen (secondary N) is 2. The Morgan fingerprint density at radius 3 is 2.09 bits per heavy atom. The Morgan fingerprint density at radius 2 is 1.56 bits per heavy atom. The van der Waals surface area contributed by atoms with Gasteiger partial charge in [-0.3, -0.25) is 4.79 Å². The van der Waals surface area contributed by atoms with E-state index in [2.05, 4.69) is 22.5 Å². The predicted octanol–water partition coefficient (Wildman–Crippen LogP) is 3.92. The second-order valence-corrected chi connectivity index (χ2v) is 8.68. The summed E-state index contributed by atoms with van der Waals surface area (Å²) in [6.45, 7) is 5.48. The fraction of sp³-hybridized carbons (Fsp3) is 0.370. The van der Waals surface area contributed by atoms with E-state index in [4.69, 9.17) is 4.74 Å². The van der Waals surface area contributed by atoms with Gasteiger partial charge in [0.05, 0.1) is 0 Å². The molecule has 2 aromatic rings. The minimum absolute atomic E-state index is 0.0422. The molecule has 0 radical (unpaired) electrons. The first-order chi connectivity index (χ1) is 16.3. The number of ether oxygens (including phenoxy) is 1. The average molecular weight is 463 g/mol. The highest BCUT2D eigenvalue weighted by atomic mass is 16.5. The highest BCUT2D eigenvalue weighted by Crippen LogP contribution is 2.44. The lowest BCUT2D eigenvalue weighted by Gasteiger charge is -2.21. The van der Waals surface area contributed by atoms with E-state index in [1.807, 2.05) is 62.4 Å². The van der Waals surface area contributed by atoms with Crippen molar-refractivity contribution in [3.8, 4) is 23.0 Å². The van der Waals surface area contributed by atoms with Crippen LogP contribution in [0.5, 0.6) is 0 Å². The summed E-state index contributed by atoms with van der Waals surface area (Å²) in [4.78, 5) is 36.9. The summed E-state index contributed by atoms with van der Waals surface area (Å²) < 4.78 is 5.52. The van der Waals surface area contributed by atoms with E-state index >= 15 is 0 Å². The Kier molecular flexibility index (Phi) is 8.31. The summed E-state index contributed by atoms with van der Waals surface area (Å²) in [7, 11) is 0. The maximum atomic E-state index is 12.8. The second-order valence-electron chi connectivity index (χ2n) is 8.68. The van der Waals surface area contributed by atoms with Gasteiger partial charge >= 0.3 is 12.1 Å². The van der Waals surface area contributed by atoms with Crippen LogP contribution in [-0.2, 0) is 14.3 Å². The molecule has 0 aromatic heterocycles. The summed E-state index contributed by atoms with van der Waals surface area (Å²) in [5.74, 6) is 3.70. The SMILES string of the molecule is CC#CCC(NC(=O)OCC1c2ccccc2-c2ccccc21)C(=O)N[C@@H](CC(C)C)C(=O)O. The molecule has 3 rings (SSSR count). The summed E-state index contributed by atoms with van der Waals surface area (Å²) >= 11 is 0. The van der Waals surface area contributed by atoms with Crippen LogP contribution in [0.4, 0.5) is 4.79 Å². The first-order valence-electron chi connectivity index (χ1n) is 11.4. The van der Waals surface area contributed by atoms with Gasteiger partial charge < -0.3 is 20.5 Å². The molecule has 7 nitrogen and oxygen atoms in total. The predicted molar refractivity (Wildman–Crippen MR) is 129 cm³/mol. The van der Waals surface area contributed by atoms with Crippen molar-refractivity contribution in [2.75, 3.05) is 6.61 Å². The van der Waals surface area contributed by atoms with Crippen molar-refractivity contribution in [1.82, 2.24) is 10.6 Å².